The van der Waals surface area contributed by atoms with E-state index in [0.717, 1.165) is 16.9 Å². The average Bonchev–Trinajstić information content (AvgIpc) is 3.34. The molecule has 2 aromatic heterocycles. The number of carbonyl (C=O) groups excluding carboxylic acids is 1. The fraction of sp³-hybridized carbons (Fsp3) is 0.667. The number of halogens is 3. The number of nitrogens with zero attached hydrogens (tertiary/aromatic N) is 6. The van der Waals surface area contributed by atoms with Gasteiger partial charge in [0.1, 0.15) is 18.3 Å². The van der Waals surface area contributed by atoms with Crippen LogP contribution in [0.25, 0.3) is 0 Å². The van der Waals surface area contributed by atoms with E-state index < -0.39 is 11.9 Å². The fourth-order valence-electron chi connectivity index (χ4n) is 4.84. The van der Waals surface area contributed by atoms with Crippen LogP contribution in [0.2, 0.25) is 0 Å². The van der Waals surface area contributed by atoms with Gasteiger partial charge in [-0.2, -0.15) is 23.4 Å². The van der Waals surface area contributed by atoms with Crippen molar-refractivity contribution in [1.82, 2.24) is 34.8 Å². The minimum Gasteiger partial charge on any atom is -0.486 e. The summed E-state index contributed by atoms with van der Waals surface area (Å²) in [5, 5.41) is 10.2. The van der Waals surface area contributed by atoms with Crippen LogP contribution in [0.3, 0.4) is 0 Å². The number of amides is 2. The Balaban J connectivity index is 1.11. The van der Waals surface area contributed by atoms with Crippen molar-refractivity contribution in [3.05, 3.63) is 24.0 Å². The highest BCUT2D eigenvalue weighted by molar-refractivity contribution is 5.76. The van der Waals surface area contributed by atoms with Crippen LogP contribution in [0, 0.1) is 5.41 Å². The third-order valence-electron chi connectivity index (χ3n) is 6.28. The maximum absolute atomic E-state index is 13.1. The Bertz CT molecular complexity index is 928. The lowest BCUT2D eigenvalue weighted by Gasteiger charge is -2.58. The molecule has 2 amide bonds. The van der Waals surface area contributed by atoms with E-state index in [1.165, 1.54) is 19.6 Å². The topological polar surface area (TPSA) is 92.2 Å². The Morgan fingerprint density at radius 2 is 2.07 bits per heavy atom. The molecule has 1 N–H and O–H groups in total. The van der Waals surface area contributed by atoms with Gasteiger partial charge >= 0.3 is 12.2 Å². The number of urea groups is 1. The third-order valence-corrected chi connectivity index (χ3v) is 6.28. The van der Waals surface area contributed by atoms with Crippen LogP contribution in [0.1, 0.15) is 36.7 Å². The smallest absolute Gasteiger partial charge is 0.438 e. The summed E-state index contributed by atoms with van der Waals surface area (Å²) >= 11 is 0. The van der Waals surface area contributed by atoms with Gasteiger partial charge in [-0.25, -0.2) is 9.78 Å². The Labute approximate surface area is 170 Å². The number of hydrogen-bond acceptors (Lipinski definition) is 5. The first-order chi connectivity index (χ1) is 14.2. The monoisotopic (exact) mass is 425 g/mol. The molecule has 2 aliphatic heterocycles. The Morgan fingerprint density at radius 3 is 2.73 bits per heavy atom. The molecular weight excluding hydrogens is 403 g/mol. The van der Waals surface area contributed by atoms with Gasteiger partial charge in [0.2, 0.25) is 5.69 Å². The number of hydrogen-bond donors (Lipinski definition) is 1. The van der Waals surface area contributed by atoms with E-state index in [-0.39, 0.29) is 29.2 Å². The van der Waals surface area contributed by atoms with Gasteiger partial charge in [0.25, 0.3) is 0 Å². The van der Waals surface area contributed by atoms with Crippen LogP contribution < -0.4 is 4.74 Å². The van der Waals surface area contributed by atoms with E-state index >= 15 is 0 Å². The van der Waals surface area contributed by atoms with E-state index in [4.69, 9.17) is 4.74 Å². The van der Waals surface area contributed by atoms with Crippen molar-refractivity contribution in [1.29, 1.82) is 0 Å². The minimum absolute atomic E-state index is 0.0126. The van der Waals surface area contributed by atoms with E-state index in [0.29, 0.717) is 39.0 Å². The van der Waals surface area contributed by atoms with Gasteiger partial charge < -0.3 is 14.5 Å². The molecule has 1 atom stereocenters. The Kier molecular flexibility index (Phi) is 4.23. The lowest BCUT2D eigenvalue weighted by molar-refractivity contribution is -0.145. The lowest BCUT2D eigenvalue weighted by atomic mass is 9.62. The number of H-pyrrole nitrogens is 1. The summed E-state index contributed by atoms with van der Waals surface area (Å²) in [6, 6.07) is 0.0126. The predicted molar refractivity (Wildman–Crippen MR) is 96.6 cm³/mol. The molecule has 0 aromatic carbocycles. The molecule has 2 saturated heterocycles. The van der Waals surface area contributed by atoms with Gasteiger partial charge in [0.05, 0.1) is 6.20 Å². The molecule has 0 radical (unpaired) electrons. The molecule has 3 aliphatic rings. The van der Waals surface area contributed by atoms with Crippen LogP contribution in [0.15, 0.2) is 12.5 Å². The minimum atomic E-state index is -4.54. The second-order valence-electron chi connectivity index (χ2n) is 8.60. The van der Waals surface area contributed by atoms with Crippen LogP contribution in [0.5, 0.6) is 5.75 Å². The zero-order valence-electron chi connectivity index (χ0n) is 16.4. The van der Waals surface area contributed by atoms with Crippen molar-refractivity contribution < 1.29 is 22.7 Å². The summed E-state index contributed by atoms with van der Waals surface area (Å²) in [6.07, 6.45) is 0.0301. The molecule has 4 heterocycles. The lowest BCUT2D eigenvalue weighted by Crippen LogP contribution is -2.67. The molecule has 1 saturated carbocycles. The second-order valence-corrected chi connectivity index (χ2v) is 8.60. The van der Waals surface area contributed by atoms with Gasteiger partial charge in [0, 0.05) is 44.6 Å². The molecule has 0 bridgehead atoms. The summed E-state index contributed by atoms with van der Waals surface area (Å²) < 4.78 is 45.9. The molecule has 162 valence electrons. The summed E-state index contributed by atoms with van der Waals surface area (Å²) in [5.74, 6) is 0.751. The van der Waals surface area contributed by atoms with E-state index in [1.807, 2.05) is 9.80 Å². The second kappa shape index (κ2) is 6.61. The maximum atomic E-state index is 13.1. The molecule has 12 heteroatoms. The van der Waals surface area contributed by atoms with Crippen LogP contribution in [0.4, 0.5) is 18.0 Å². The molecule has 1 spiro atoms. The average molecular weight is 425 g/mol. The summed E-state index contributed by atoms with van der Waals surface area (Å²) in [7, 11) is 1.44. The molecule has 5 rings (SSSR count). The number of ether oxygens (including phenoxy) is 1. The summed E-state index contributed by atoms with van der Waals surface area (Å²) in [4.78, 5) is 20.6. The van der Waals surface area contributed by atoms with Gasteiger partial charge in [-0.3, -0.25) is 9.78 Å². The first-order valence-corrected chi connectivity index (χ1v) is 9.89. The number of carbonyl (C=O) groups is 1. The summed E-state index contributed by atoms with van der Waals surface area (Å²) in [5.41, 5.74) is -1.03. The molecular formula is C18H22F3N7O2. The zero-order chi connectivity index (χ0) is 21.1. The molecule has 2 aromatic rings. The van der Waals surface area contributed by atoms with Crippen LogP contribution >= 0.6 is 0 Å². The quantitative estimate of drug-likeness (QED) is 0.812. The Morgan fingerprint density at radius 1 is 1.30 bits per heavy atom. The van der Waals surface area contributed by atoms with E-state index in [9.17, 15) is 18.0 Å². The van der Waals surface area contributed by atoms with E-state index in [2.05, 4.69) is 20.3 Å². The normalized spacial score (nSPS) is 23.5. The van der Waals surface area contributed by atoms with Crippen LogP contribution in [-0.4, -0.2) is 73.1 Å². The number of aromatic amines is 1. The van der Waals surface area contributed by atoms with Crippen molar-refractivity contribution in [2.45, 2.75) is 37.5 Å². The highest BCUT2D eigenvalue weighted by Crippen LogP contribution is 2.50. The van der Waals surface area contributed by atoms with Gasteiger partial charge in [-0.1, -0.05) is 0 Å². The molecule has 1 aliphatic carbocycles. The molecule has 9 nitrogen and oxygen atoms in total. The predicted octanol–water partition coefficient (Wildman–Crippen LogP) is 2.01. The number of alkyl halides is 3. The highest BCUT2D eigenvalue weighted by atomic mass is 19.4. The first kappa shape index (κ1) is 19.2. The van der Waals surface area contributed by atoms with Crippen molar-refractivity contribution in [3.63, 3.8) is 0 Å². The largest absolute Gasteiger partial charge is 0.486 e. The molecule has 0 unspecified atom stereocenters. The zero-order valence-corrected chi connectivity index (χ0v) is 16.4. The summed E-state index contributed by atoms with van der Waals surface area (Å²) in [6.45, 7) is 2.54. The molecule has 3 fully saturated rings. The maximum Gasteiger partial charge on any atom is 0.438 e. The standard InChI is InChI=1S/C18H22F3N7O2/c1-26-7-13(14(25-26)18(19,20)21)30-12-4-17(5-12)8-28(9-17)16(29)27-3-2-11(6-27)15-22-10-23-24-15/h7,10-12H,2-6,8-9H2,1H3,(H,22,23,24)/t11-/m0/s1. The number of likely N-dealkylation sites (tertiary alicyclic amines) is 2. The van der Waals surface area contributed by atoms with Crippen LogP contribution in [-0.2, 0) is 13.2 Å². The van der Waals surface area contributed by atoms with Crippen molar-refractivity contribution in [2.24, 2.45) is 12.5 Å². The van der Waals surface area contributed by atoms with E-state index in [1.54, 1.807) is 0 Å². The highest BCUT2D eigenvalue weighted by Gasteiger charge is 2.56. The van der Waals surface area contributed by atoms with Crippen molar-refractivity contribution in [3.8, 4) is 5.75 Å². The SMILES string of the molecule is Cn1cc(OC2CC3(C2)CN(C(=O)N2CC[C@H](c4ncn[nH]4)C2)C3)c(C(F)(F)F)n1. The van der Waals surface area contributed by atoms with Gasteiger partial charge in [-0.15, -0.1) is 0 Å². The van der Waals surface area contributed by atoms with Crippen molar-refractivity contribution in [2.75, 3.05) is 26.2 Å². The van der Waals surface area contributed by atoms with Gasteiger partial charge in [0.15, 0.2) is 5.75 Å². The molecule has 30 heavy (non-hydrogen) atoms. The number of rotatable bonds is 3. The van der Waals surface area contributed by atoms with Crippen molar-refractivity contribution >= 4 is 6.03 Å². The number of aromatic nitrogens is 5. The number of aryl methyl sites for hydroxylation is 1. The Hall–Kier alpha value is -2.79. The first-order valence-electron chi connectivity index (χ1n) is 9.89. The number of nitrogens with one attached hydrogen (secondary N) is 1. The fourth-order valence-corrected chi connectivity index (χ4v) is 4.84. The van der Waals surface area contributed by atoms with Gasteiger partial charge in [-0.05, 0) is 19.3 Å². The third kappa shape index (κ3) is 3.27.